The van der Waals surface area contributed by atoms with Gasteiger partial charge in [0.2, 0.25) is 17.7 Å². The van der Waals surface area contributed by atoms with Gasteiger partial charge in [0.05, 0.1) is 18.8 Å². The number of nitrogens with zero attached hydrogens (tertiary/aromatic N) is 5. The molecule has 0 bridgehead atoms. The van der Waals surface area contributed by atoms with Gasteiger partial charge in [-0.2, -0.15) is 0 Å². The number of carbonyl (C=O) groups excluding carboxylic acids is 3. The number of hydrogen-bond donors (Lipinski definition) is 1. The summed E-state index contributed by atoms with van der Waals surface area (Å²) in [7, 11) is 0. The summed E-state index contributed by atoms with van der Waals surface area (Å²) < 4.78 is 29.3. The Morgan fingerprint density at radius 2 is 2.03 bits per heavy atom. The maximum atomic E-state index is 13.7. The Balaban J connectivity index is 1.20. The van der Waals surface area contributed by atoms with Crippen molar-refractivity contribution in [3.05, 3.63) is 46.8 Å². The van der Waals surface area contributed by atoms with Gasteiger partial charge in [-0.15, -0.1) is 5.10 Å². The van der Waals surface area contributed by atoms with E-state index in [1.54, 1.807) is 16.5 Å². The molecule has 9 nitrogen and oxygen atoms in total. The first-order chi connectivity index (χ1) is 17.5. The van der Waals surface area contributed by atoms with Crippen LogP contribution < -0.4 is 5.32 Å². The molecule has 3 amide bonds. The van der Waals surface area contributed by atoms with Crippen LogP contribution in [0, 0.1) is 5.92 Å². The van der Waals surface area contributed by atoms with Gasteiger partial charge < -0.3 is 15.1 Å². The molecule has 3 atom stereocenters. The number of amides is 3. The first-order valence-corrected chi connectivity index (χ1v) is 12.8. The Labute approximate surface area is 214 Å². The minimum atomic E-state index is -2.92. The van der Waals surface area contributed by atoms with E-state index in [-0.39, 0.29) is 37.0 Å². The molecule has 0 radical (unpaired) electrons. The predicted octanol–water partition coefficient (Wildman–Crippen LogP) is 2.44. The molecule has 1 aromatic heterocycles. The van der Waals surface area contributed by atoms with E-state index in [2.05, 4.69) is 29.5 Å². The van der Waals surface area contributed by atoms with Crippen LogP contribution in [-0.2, 0) is 34.0 Å². The molecule has 1 N–H and O–H groups in total. The van der Waals surface area contributed by atoms with Crippen LogP contribution in [0.15, 0.2) is 24.4 Å². The third-order valence-electron chi connectivity index (χ3n) is 7.65. The second-order valence-corrected chi connectivity index (χ2v) is 10.9. The average Bonchev–Trinajstić information content (AvgIpc) is 3.59. The smallest absolute Gasteiger partial charge is 0.267 e. The molecular weight excluding hydrogens is 482 g/mol. The number of nitrogens with one attached hydrogen (secondary N) is 1. The van der Waals surface area contributed by atoms with E-state index in [1.807, 2.05) is 24.4 Å². The number of alkyl halides is 2. The number of benzene rings is 1. The minimum absolute atomic E-state index is 0.0223. The lowest BCUT2D eigenvalue weighted by Crippen LogP contribution is -2.46. The molecular formula is C26H32F2N6O3. The van der Waals surface area contributed by atoms with Crippen molar-refractivity contribution in [1.82, 2.24) is 30.1 Å². The Kier molecular flexibility index (Phi) is 6.49. The summed E-state index contributed by atoms with van der Waals surface area (Å²) in [6.07, 6.45) is 1.66. The molecule has 1 aromatic carbocycles. The number of likely N-dealkylation sites (tertiary alicyclic amines) is 1. The summed E-state index contributed by atoms with van der Waals surface area (Å²) in [5.74, 6) is -4.34. The minimum Gasteiger partial charge on any atom is -0.344 e. The van der Waals surface area contributed by atoms with Crippen molar-refractivity contribution in [2.75, 3.05) is 6.54 Å². The zero-order valence-corrected chi connectivity index (χ0v) is 21.3. The van der Waals surface area contributed by atoms with Crippen LogP contribution in [0.4, 0.5) is 8.78 Å². The number of fused-ring (bicyclic) bond motifs is 1. The highest BCUT2D eigenvalue weighted by molar-refractivity contribution is 5.94. The van der Waals surface area contributed by atoms with Crippen molar-refractivity contribution in [2.45, 2.75) is 83.6 Å². The summed E-state index contributed by atoms with van der Waals surface area (Å²) in [5, 5.41) is 11.1. The largest absolute Gasteiger partial charge is 0.344 e. The van der Waals surface area contributed by atoms with Gasteiger partial charge in [0.15, 0.2) is 0 Å². The summed E-state index contributed by atoms with van der Waals surface area (Å²) in [4.78, 5) is 41.4. The SMILES string of the molecule is CC(C)c1cn(Cc2cccc3c2CN(C(=O)C[C@@H]2C[C@@H](C(=O)N4CC(F)(F)C[C@H]4C)NC2=O)C3)nn1. The maximum Gasteiger partial charge on any atom is 0.267 e. The number of aromatic nitrogens is 3. The molecule has 0 aliphatic carbocycles. The topological polar surface area (TPSA) is 100 Å². The van der Waals surface area contributed by atoms with Gasteiger partial charge in [0.1, 0.15) is 6.04 Å². The molecule has 2 aromatic rings. The van der Waals surface area contributed by atoms with E-state index in [0.29, 0.717) is 19.6 Å². The van der Waals surface area contributed by atoms with E-state index < -0.39 is 36.4 Å². The van der Waals surface area contributed by atoms with Crippen molar-refractivity contribution in [3.63, 3.8) is 0 Å². The lowest BCUT2D eigenvalue weighted by atomic mass is 9.99. The highest BCUT2D eigenvalue weighted by Crippen LogP contribution is 2.34. The third-order valence-corrected chi connectivity index (χ3v) is 7.65. The highest BCUT2D eigenvalue weighted by atomic mass is 19.3. The van der Waals surface area contributed by atoms with E-state index in [9.17, 15) is 23.2 Å². The van der Waals surface area contributed by atoms with Crippen LogP contribution in [0.25, 0.3) is 0 Å². The normalized spacial score (nSPS) is 24.6. The summed E-state index contributed by atoms with van der Waals surface area (Å²) >= 11 is 0. The first-order valence-electron chi connectivity index (χ1n) is 12.8. The van der Waals surface area contributed by atoms with E-state index in [4.69, 9.17) is 0 Å². The lowest BCUT2D eigenvalue weighted by Gasteiger charge is -2.24. The van der Waals surface area contributed by atoms with Crippen LogP contribution in [-0.4, -0.2) is 67.1 Å². The van der Waals surface area contributed by atoms with Gasteiger partial charge in [0, 0.05) is 44.1 Å². The molecule has 0 spiro atoms. The Morgan fingerprint density at radius 3 is 2.70 bits per heavy atom. The number of rotatable bonds is 6. The molecule has 37 heavy (non-hydrogen) atoms. The monoisotopic (exact) mass is 514 g/mol. The van der Waals surface area contributed by atoms with Gasteiger partial charge in [-0.25, -0.2) is 13.5 Å². The van der Waals surface area contributed by atoms with Gasteiger partial charge in [-0.1, -0.05) is 37.3 Å². The standard InChI is InChI=1S/C26H32F2N6O3/c1-15(2)22-13-33(31-30-22)11-18-6-4-5-17-10-32(12-20(17)18)23(35)8-19-7-21(29-24(19)36)25(37)34-14-26(27,28)9-16(34)3/h4-6,13,15-16,19,21H,7-12,14H2,1-3H3,(H,29,36)/t16-,19+,21+/m1/s1. The van der Waals surface area contributed by atoms with E-state index in [0.717, 1.165) is 27.3 Å². The molecule has 3 aliphatic heterocycles. The molecule has 198 valence electrons. The van der Waals surface area contributed by atoms with E-state index in [1.165, 1.54) is 0 Å². The fourth-order valence-electron chi connectivity index (χ4n) is 5.57. The van der Waals surface area contributed by atoms with Crippen molar-refractivity contribution in [2.24, 2.45) is 5.92 Å². The number of hydrogen-bond acceptors (Lipinski definition) is 5. The average molecular weight is 515 g/mol. The van der Waals surface area contributed by atoms with Gasteiger partial charge in [-0.3, -0.25) is 14.4 Å². The molecule has 3 aliphatic rings. The van der Waals surface area contributed by atoms with Crippen molar-refractivity contribution >= 4 is 17.7 Å². The molecule has 2 saturated heterocycles. The Morgan fingerprint density at radius 1 is 1.24 bits per heavy atom. The first kappa shape index (κ1) is 25.3. The van der Waals surface area contributed by atoms with Crippen LogP contribution in [0.3, 0.4) is 0 Å². The molecule has 5 rings (SSSR count). The fraction of sp³-hybridized carbons (Fsp3) is 0.577. The van der Waals surface area contributed by atoms with Crippen molar-refractivity contribution in [1.29, 1.82) is 0 Å². The van der Waals surface area contributed by atoms with Crippen LogP contribution in [0.1, 0.15) is 68.3 Å². The molecule has 2 fully saturated rings. The maximum absolute atomic E-state index is 13.7. The molecule has 4 heterocycles. The van der Waals surface area contributed by atoms with Crippen LogP contribution >= 0.6 is 0 Å². The van der Waals surface area contributed by atoms with E-state index >= 15 is 0 Å². The molecule has 0 unspecified atom stereocenters. The van der Waals surface area contributed by atoms with Crippen LogP contribution in [0.2, 0.25) is 0 Å². The quantitative estimate of drug-likeness (QED) is 0.638. The van der Waals surface area contributed by atoms with Crippen molar-refractivity contribution in [3.8, 4) is 0 Å². The Hall–Kier alpha value is -3.37. The third kappa shape index (κ3) is 5.08. The number of carbonyl (C=O) groups is 3. The van der Waals surface area contributed by atoms with Gasteiger partial charge >= 0.3 is 0 Å². The second kappa shape index (κ2) is 9.50. The van der Waals surface area contributed by atoms with Crippen molar-refractivity contribution < 1.29 is 23.2 Å². The number of halogens is 2. The van der Waals surface area contributed by atoms with Crippen LogP contribution in [0.5, 0.6) is 0 Å². The van der Waals surface area contributed by atoms with Gasteiger partial charge in [0.25, 0.3) is 5.92 Å². The zero-order chi connectivity index (χ0) is 26.5. The second-order valence-electron chi connectivity index (χ2n) is 10.9. The molecule has 0 saturated carbocycles. The van der Waals surface area contributed by atoms with Gasteiger partial charge in [-0.05, 0) is 36.0 Å². The fourth-order valence-corrected chi connectivity index (χ4v) is 5.57. The summed E-state index contributed by atoms with van der Waals surface area (Å²) in [6.45, 7) is 6.51. The highest BCUT2D eigenvalue weighted by Gasteiger charge is 2.48. The Bertz CT molecular complexity index is 1230. The zero-order valence-electron chi connectivity index (χ0n) is 21.3. The summed E-state index contributed by atoms with van der Waals surface area (Å²) in [5.41, 5.74) is 4.12. The predicted molar refractivity (Wildman–Crippen MR) is 129 cm³/mol. The summed E-state index contributed by atoms with van der Waals surface area (Å²) in [6, 6.07) is 4.52. The molecule has 11 heteroatoms. The lowest BCUT2D eigenvalue weighted by molar-refractivity contribution is -0.136.